The summed E-state index contributed by atoms with van der Waals surface area (Å²) in [5.74, 6) is 0. The molecule has 53 heavy (non-hydrogen) atoms. The zero-order valence-corrected chi connectivity index (χ0v) is 28.4. The van der Waals surface area contributed by atoms with E-state index in [0.29, 0.717) is 11.0 Å². The van der Waals surface area contributed by atoms with Gasteiger partial charge in [-0.25, -0.2) is 4.79 Å². The van der Waals surface area contributed by atoms with Crippen molar-refractivity contribution in [2.45, 2.75) is 0 Å². The molecule has 0 N–H and O–H groups in total. The van der Waals surface area contributed by atoms with Gasteiger partial charge in [-0.2, -0.15) is 0 Å². The van der Waals surface area contributed by atoms with Crippen LogP contribution in [0.5, 0.6) is 0 Å². The van der Waals surface area contributed by atoms with Crippen molar-refractivity contribution >= 4 is 65.5 Å². The zero-order chi connectivity index (χ0) is 35.0. The molecule has 0 bridgehead atoms. The summed E-state index contributed by atoms with van der Waals surface area (Å²) in [6.07, 6.45) is 0. The molecular formula is C49H29NO3. The minimum Gasteiger partial charge on any atom is -0.454 e. The van der Waals surface area contributed by atoms with E-state index in [4.69, 9.17) is 8.83 Å². The molecule has 0 spiro atoms. The van der Waals surface area contributed by atoms with Crippen LogP contribution >= 0.6 is 0 Å². The fourth-order valence-electron chi connectivity index (χ4n) is 8.21. The molecule has 3 aromatic heterocycles. The Labute approximate surface area is 303 Å². The van der Waals surface area contributed by atoms with Crippen molar-refractivity contribution in [1.82, 2.24) is 4.57 Å². The summed E-state index contributed by atoms with van der Waals surface area (Å²) in [4.78, 5) is 13.7. The second-order valence-corrected chi connectivity index (χ2v) is 13.6. The Morgan fingerprint density at radius 3 is 1.83 bits per heavy atom. The first-order valence-corrected chi connectivity index (χ1v) is 17.8. The van der Waals surface area contributed by atoms with Crippen molar-refractivity contribution in [2.24, 2.45) is 0 Å². The number of aromatic nitrogens is 1. The van der Waals surface area contributed by atoms with E-state index in [2.05, 4.69) is 114 Å². The molecule has 0 saturated heterocycles. The second kappa shape index (κ2) is 11.4. The molecule has 0 aliphatic heterocycles. The predicted molar refractivity (Wildman–Crippen MR) is 218 cm³/mol. The van der Waals surface area contributed by atoms with Gasteiger partial charge in [0.05, 0.1) is 22.1 Å². The Morgan fingerprint density at radius 2 is 1.00 bits per heavy atom. The molecule has 0 radical (unpaired) electrons. The summed E-state index contributed by atoms with van der Waals surface area (Å²) in [5, 5.41) is 6.87. The lowest BCUT2D eigenvalue weighted by Gasteiger charge is -2.14. The first-order valence-electron chi connectivity index (χ1n) is 17.8. The molecule has 11 aromatic rings. The summed E-state index contributed by atoms with van der Waals surface area (Å²) in [5.41, 5.74) is 11.4. The third kappa shape index (κ3) is 4.52. The minimum absolute atomic E-state index is 0.344. The van der Waals surface area contributed by atoms with Crippen molar-refractivity contribution in [2.75, 3.05) is 0 Å². The summed E-state index contributed by atoms with van der Waals surface area (Å²) in [6, 6.07) is 60.6. The lowest BCUT2D eigenvalue weighted by molar-refractivity contribution is 0.570. The normalized spacial score (nSPS) is 11.8. The van der Waals surface area contributed by atoms with Crippen LogP contribution in [0.1, 0.15) is 0 Å². The van der Waals surface area contributed by atoms with Crippen LogP contribution in [0.3, 0.4) is 0 Å². The van der Waals surface area contributed by atoms with Crippen LogP contribution in [0.4, 0.5) is 0 Å². The fraction of sp³-hybridized carbons (Fsp3) is 0. The molecule has 4 nitrogen and oxygen atoms in total. The summed E-state index contributed by atoms with van der Waals surface area (Å²) < 4.78 is 14.8. The lowest BCUT2D eigenvalue weighted by atomic mass is 9.91. The maximum absolute atomic E-state index is 13.7. The van der Waals surface area contributed by atoms with Gasteiger partial charge in [0.2, 0.25) is 0 Å². The third-order valence-electron chi connectivity index (χ3n) is 10.6. The van der Waals surface area contributed by atoms with E-state index in [-0.39, 0.29) is 5.63 Å². The van der Waals surface area contributed by atoms with Gasteiger partial charge in [0.1, 0.15) is 11.2 Å². The number of rotatable bonds is 4. The molecule has 3 heterocycles. The van der Waals surface area contributed by atoms with Crippen molar-refractivity contribution in [3.63, 3.8) is 0 Å². The summed E-state index contributed by atoms with van der Waals surface area (Å²) in [6.45, 7) is 0. The SMILES string of the molecule is O=c1oc2ccc(-c3ccc4c(c3)c3ccccc3n4-c3cccc4c3oc3ccccc34)cc2c2c(-c3ccccc3)cc(-c3ccccc3)cc12. The molecule has 8 aromatic carbocycles. The molecule has 0 amide bonds. The van der Waals surface area contributed by atoms with Crippen LogP contribution in [0.25, 0.3) is 105 Å². The number of nitrogens with zero attached hydrogens (tertiary/aromatic N) is 1. The van der Waals surface area contributed by atoms with E-state index in [1.165, 1.54) is 0 Å². The van der Waals surface area contributed by atoms with Gasteiger partial charge in [-0.05, 0) is 88.0 Å². The van der Waals surface area contributed by atoms with Crippen LogP contribution in [0, 0.1) is 0 Å². The van der Waals surface area contributed by atoms with Gasteiger partial charge in [-0.15, -0.1) is 0 Å². The van der Waals surface area contributed by atoms with E-state index < -0.39 is 0 Å². The van der Waals surface area contributed by atoms with Gasteiger partial charge in [0, 0.05) is 32.3 Å². The molecule has 0 atom stereocenters. The van der Waals surface area contributed by atoms with Crippen LogP contribution in [0.15, 0.2) is 190 Å². The first-order chi connectivity index (χ1) is 26.2. The van der Waals surface area contributed by atoms with E-state index >= 15 is 0 Å². The molecule has 0 aliphatic rings. The number of para-hydroxylation sites is 3. The standard InChI is InChI=1S/C49H29NO3/c51-49-41-29-34(30-12-3-1-4-13-30)28-38(31-14-5-2-6-15-31)47(41)40-27-33(23-25-46(40)53-49)32-22-24-43-39(26-32)35-16-7-9-19-42(35)50(43)44-20-11-18-37-36-17-8-10-21-45(36)52-48(37)44/h1-29H. The molecule has 248 valence electrons. The smallest absolute Gasteiger partial charge is 0.344 e. The number of fused-ring (bicyclic) bond motifs is 9. The number of furan rings is 1. The van der Waals surface area contributed by atoms with Crippen molar-refractivity contribution in [3.05, 3.63) is 186 Å². The van der Waals surface area contributed by atoms with Gasteiger partial charge in [0.25, 0.3) is 0 Å². The molecule has 0 aliphatic carbocycles. The Balaban J connectivity index is 1.14. The Kier molecular flexibility index (Phi) is 6.37. The maximum atomic E-state index is 13.7. The fourth-order valence-corrected chi connectivity index (χ4v) is 8.21. The largest absolute Gasteiger partial charge is 0.454 e. The number of hydrogen-bond donors (Lipinski definition) is 0. The molecule has 0 saturated carbocycles. The summed E-state index contributed by atoms with van der Waals surface area (Å²) >= 11 is 0. The zero-order valence-electron chi connectivity index (χ0n) is 28.4. The Hall–Kier alpha value is -7.17. The highest BCUT2D eigenvalue weighted by Gasteiger charge is 2.20. The average molecular weight is 680 g/mol. The average Bonchev–Trinajstić information content (AvgIpc) is 3.77. The van der Waals surface area contributed by atoms with Gasteiger partial charge >= 0.3 is 5.63 Å². The van der Waals surface area contributed by atoms with Gasteiger partial charge in [0.15, 0.2) is 5.58 Å². The second-order valence-electron chi connectivity index (χ2n) is 13.6. The molecule has 0 unspecified atom stereocenters. The van der Waals surface area contributed by atoms with E-state index in [9.17, 15) is 4.79 Å². The molecular weight excluding hydrogens is 651 g/mol. The Bertz CT molecular complexity index is 3300. The van der Waals surface area contributed by atoms with E-state index in [0.717, 1.165) is 93.6 Å². The van der Waals surface area contributed by atoms with Crippen LogP contribution in [-0.2, 0) is 0 Å². The molecule has 4 heteroatoms. The van der Waals surface area contributed by atoms with E-state index in [1.807, 2.05) is 66.7 Å². The van der Waals surface area contributed by atoms with Gasteiger partial charge in [-0.3, -0.25) is 0 Å². The first kappa shape index (κ1) is 29.5. The highest BCUT2D eigenvalue weighted by Crippen LogP contribution is 2.41. The van der Waals surface area contributed by atoms with Crippen LogP contribution < -0.4 is 5.63 Å². The maximum Gasteiger partial charge on any atom is 0.344 e. The monoisotopic (exact) mass is 679 g/mol. The number of hydrogen-bond acceptors (Lipinski definition) is 3. The van der Waals surface area contributed by atoms with Crippen molar-refractivity contribution in [3.8, 4) is 39.1 Å². The van der Waals surface area contributed by atoms with E-state index in [1.54, 1.807) is 0 Å². The van der Waals surface area contributed by atoms with Crippen LogP contribution in [-0.4, -0.2) is 4.57 Å². The molecule has 0 fully saturated rings. The Morgan fingerprint density at radius 1 is 0.377 bits per heavy atom. The number of benzene rings is 8. The minimum atomic E-state index is -0.344. The highest BCUT2D eigenvalue weighted by atomic mass is 16.4. The van der Waals surface area contributed by atoms with Crippen molar-refractivity contribution < 1.29 is 8.83 Å². The summed E-state index contributed by atoms with van der Waals surface area (Å²) in [7, 11) is 0. The highest BCUT2D eigenvalue weighted by molar-refractivity contribution is 6.16. The van der Waals surface area contributed by atoms with Gasteiger partial charge in [-0.1, -0.05) is 121 Å². The lowest BCUT2D eigenvalue weighted by Crippen LogP contribution is -2.02. The molecule has 11 rings (SSSR count). The van der Waals surface area contributed by atoms with Gasteiger partial charge < -0.3 is 13.4 Å². The van der Waals surface area contributed by atoms with Crippen LogP contribution in [0.2, 0.25) is 0 Å². The third-order valence-corrected chi connectivity index (χ3v) is 10.6. The predicted octanol–water partition coefficient (Wildman–Crippen LogP) is 12.9. The quantitative estimate of drug-likeness (QED) is 0.137. The topological polar surface area (TPSA) is 48.3 Å². The van der Waals surface area contributed by atoms with Crippen molar-refractivity contribution in [1.29, 1.82) is 0 Å².